The summed E-state index contributed by atoms with van der Waals surface area (Å²) >= 11 is 0. The zero-order valence-corrected chi connectivity index (χ0v) is 23.8. The van der Waals surface area contributed by atoms with Crippen molar-refractivity contribution < 1.29 is 19.0 Å². The number of hydrogen-bond donors (Lipinski definition) is 0. The minimum atomic E-state index is -0.107. The van der Waals surface area contributed by atoms with Crippen molar-refractivity contribution in [3.05, 3.63) is 46.5 Å². The van der Waals surface area contributed by atoms with E-state index < -0.39 is 0 Å². The van der Waals surface area contributed by atoms with Crippen molar-refractivity contribution in [1.29, 1.82) is 0 Å². The van der Waals surface area contributed by atoms with Crippen LogP contribution in [-0.2, 0) is 0 Å². The van der Waals surface area contributed by atoms with Crippen molar-refractivity contribution in [2.24, 2.45) is 0 Å². The fourth-order valence-electron chi connectivity index (χ4n) is 3.57. The van der Waals surface area contributed by atoms with Gasteiger partial charge < -0.3 is 14.2 Å². The van der Waals surface area contributed by atoms with Gasteiger partial charge in [-0.3, -0.25) is 4.79 Å². The second kappa shape index (κ2) is 14.2. The topological polar surface area (TPSA) is 44.8 Å². The average Bonchev–Trinajstić information content (AvgIpc) is 2.74. The molecule has 0 saturated carbocycles. The summed E-state index contributed by atoms with van der Waals surface area (Å²) < 4.78 is 18.8. The van der Waals surface area contributed by atoms with Gasteiger partial charge in [0.15, 0.2) is 5.52 Å². The number of benzene rings is 2. The molecule has 2 aromatic rings. The van der Waals surface area contributed by atoms with Crippen LogP contribution in [-0.4, -0.2) is 42.7 Å². The van der Waals surface area contributed by atoms with Crippen LogP contribution in [0, 0.1) is 20.8 Å². The van der Waals surface area contributed by atoms with Gasteiger partial charge in [0.2, 0.25) is 0 Å². The average molecular weight is 480 g/mol. The monoisotopic (exact) mass is 479 g/mol. The first-order chi connectivity index (χ1) is 15.6. The zero-order valence-electron chi connectivity index (χ0n) is 22.8. The Labute approximate surface area is 220 Å². The Balaban J connectivity index is 0.00000578. The molecular weight excluding hydrogens is 438 g/mol. The Bertz CT molecular complexity index is 903. The fraction of sp³-hybridized carbons (Fsp3) is 0.536. The van der Waals surface area contributed by atoms with Crippen LogP contribution in [0.3, 0.4) is 0 Å². The predicted octanol–water partition coefficient (Wildman–Crippen LogP) is 6.91. The van der Waals surface area contributed by atoms with E-state index in [0.29, 0.717) is 17.2 Å². The van der Waals surface area contributed by atoms with E-state index in [0.717, 1.165) is 46.8 Å². The number of hydrogen-bond acceptors (Lipinski definition) is 4. The van der Waals surface area contributed by atoms with Crippen molar-refractivity contribution in [3.8, 4) is 17.2 Å². The molecule has 0 bridgehead atoms. The predicted molar refractivity (Wildman–Crippen MR) is 146 cm³/mol. The summed E-state index contributed by atoms with van der Waals surface area (Å²) in [4.78, 5) is 13.6. The Morgan fingerprint density at radius 1 is 0.765 bits per heavy atom. The molecule has 0 aliphatic rings. The molecule has 4 nitrogen and oxygen atoms in total. The molecule has 0 N–H and O–H groups in total. The second-order valence-corrected chi connectivity index (χ2v) is 10.2. The van der Waals surface area contributed by atoms with Crippen LogP contribution in [0.15, 0.2) is 24.3 Å². The third kappa shape index (κ3) is 8.33. The van der Waals surface area contributed by atoms with Crippen LogP contribution in [0.5, 0.6) is 17.2 Å². The summed E-state index contributed by atoms with van der Waals surface area (Å²) in [5.41, 5.74) is 4.08. The minimum Gasteiger partial charge on any atom is -0.490 e. The van der Waals surface area contributed by atoms with Crippen LogP contribution in [0.25, 0.3) is 0 Å². The molecule has 1 radical (unpaired) electrons. The Kier molecular flexibility index (Phi) is 12.8. The largest absolute Gasteiger partial charge is 0.490 e. The third-order valence-electron chi connectivity index (χ3n) is 5.90. The normalized spacial score (nSPS) is 13.8. The summed E-state index contributed by atoms with van der Waals surface area (Å²) in [6.45, 7) is 18.5. The van der Waals surface area contributed by atoms with E-state index in [1.54, 1.807) is 0 Å². The first kappa shape index (κ1) is 30.6. The van der Waals surface area contributed by atoms with Crippen LogP contribution < -0.4 is 19.5 Å². The van der Waals surface area contributed by atoms with Gasteiger partial charge in [-0.15, -0.1) is 0 Å². The molecule has 0 amide bonds. The molecule has 0 fully saturated rings. The number of rotatable bonds is 12. The van der Waals surface area contributed by atoms with Crippen molar-refractivity contribution in [2.75, 3.05) is 0 Å². The van der Waals surface area contributed by atoms with Gasteiger partial charge >= 0.3 is 0 Å². The van der Waals surface area contributed by atoms with Gasteiger partial charge in [-0.05, 0) is 80.5 Å². The minimum absolute atomic E-state index is 0. The van der Waals surface area contributed by atoms with E-state index in [9.17, 15) is 4.79 Å². The van der Waals surface area contributed by atoms with Crippen LogP contribution >= 0.6 is 8.58 Å². The van der Waals surface area contributed by atoms with Gasteiger partial charge in [0, 0.05) is 36.6 Å². The Morgan fingerprint density at radius 2 is 1.18 bits per heavy atom. The molecule has 0 aromatic heterocycles. The van der Waals surface area contributed by atoms with Crippen LogP contribution in [0.2, 0.25) is 0 Å². The maximum atomic E-state index is 13.6. The van der Waals surface area contributed by atoms with E-state index in [1.165, 1.54) is 0 Å². The van der Waals surface area contributed by atoms with Gasteiger partial charge in [0.05, 0.1) is 23.6 Å². The van der Waals surface area contributed by atoms with Crippen molar-refractivity contribution in [1.82, 2.24) is 0 Å². The zero-order chi connectivity index (χ0) is 24.7. The van der Waals surface area contributed by atoms with E-state index in [1.807, 2.05) is 46.8 Å². The Hall–Kier alpha value is -1.46. The molecule has 4 unspecified atom stereocenters. The van der Waals surface area contributed by atoms with Crippen molar-refractivity contribution in [3.63, 3.8) is 0 Å². The summed E-state index contributed by atoms with van der Waals surface area (Å²) in [5.74, 6) is 2.07. The van der Waals surface area contributed by atoms with Gasteiger partial charge in [-0.25, -0.2) is 0 Å². The summed E-state index contributed by atoms with van der Waals surface area (Å²) in [5, 5.41) is 0.816. The van der Waals surface area contributed by atoms with Crippen molar-refractivity contribution >= 4 is 38.3 Å². The molecule has 4 atom stereocenters. The maximum Gasteiger partial charge on any atom is 0.186 e. The van der Waals surface area contributed by atoms with Gasteiger partial charge in [-0.1, -0.05) is 38.5 Å². The molecule has 0 heterocycles. The van der Waals surface area contributed by atoms with E-state index in [4.69, 9.17) is 14.2 Å². The SMILES string of the molecule is CCC(C)Oc1cc(OC(C)CC)c(PC(=O)c2c(C)cc(C)cc2C)c(OC(C)CC)c1.[Li]. The quantitative estimate of drug-likeness (QED) is 0.245. The molecular formula is C28H41LiO4P. The molecule has 0 spiro atoms. The van der Waals surface area contributed by atoms with Gasteiger partial charge in [-0.2, -0.15) is 0 Å². The standard InChI is InChI=1S/C28H41O4P.Li/c1-10-20(7)30-23-15-24(31-21(8)11-2)27(25(16-23)32-22(9)12-3)33-28(29)26-18(5)13-17(4)14-19(26)6;/h13-16,20-22,33H,10-12H2,1-9H3;. The van der Waals surface area contributed by atoms with Crippen LogP contribution in [0.1, 0.15) is 87.9 Å². The molecule has 0 saturated heterocycles. The number of carbonyl (C=O) groups is 1. The molecule has 0 aliphatic carbocycles. The van der Waals surface area contributed by atoms with Crippen molar-refractivity contribution in [2.45, 2.75) is 99.9 Å². The van der Waals surface area contributed by atoms with Gasteiger partial charge in [0.1, 0.15) is 17.2 Å². The van der Waals surface area contributed by atoms with Gasteiger partial charge in [0.25, 0.3) is 0 Å². The first-order valence-electron chi connectivity index (χ1n) is 12.2. The molecule has 0 aliphatic heterocycles. The fourth-order valence-corrected chi connectivity index (χ4v) is 4.83. The van der Waals surface area contributed by atoms with Crippen LogP contribution in [0.4, 0.5) is 0 Å². The smallest absolute Gasteiger partial charge is 0.186 e. The molecule has 6 heteroatoms. The molecule has 2 rings (SSSR count). The summed E-state index contributed by atoms with van der Waals surface area (Å²) in [6, 6.07) is 7.99. The first-order valence-corrected chi connectivity index (χ1v) is 13.2. The van der Waals surface area contributed by atoms with E-state index >= 15 is 0 Å². The number of ether oxygens (including phenoxy) is 3. The second-order valence-electron chi connectivity index (χ2n) is 9.03. The summed E-state index contributed by atoms with van der Waals surface area (Å²) in [7, 11) is -0.107. The van der Waals surface area contributed by atoms with E-state index in [-0.39, 0.29) is 51.3 Å². The van der Waals surface area contributed by atoms with E-state index in [2.05, 4.69) is 39.8 Å². The number of aryl methyl sites for hydroxylation is 3. The number of carbonyl (C=O) groups excluding carboxylic acids is 1. The maximum absolute atomic E-state index is 13.6. The molecule has 34 heavy (non-hydrogen) atoms. The summed E-state index contributed by atoms with van der Waals surface area (Å²) in [6.07, 6.45) is 2.74. The third-order valence-corrected chi connectivity index (χ3v) is 7.12. The molecule has 2 aromatic carbocycles. The molecule has 183 valence electrons. The Morgan fingerprint density at radius 3 is 1.59 bits per heavy atom.